The van der Waals surface area contributed by atoms with Crippen molar-refractivity contribution in [2.45, 2.75) is 0 Å². The van der Waals surface area contributed by atoms with E-state index in [4.69, 9.17) is 16.7 Å². The van der Waals surface area contributed by atoms with Crippen LogP contribution in [0.5, 0.6) is 0 Å². The minimum Gasteiger partial charge on any atom is -0.478 e. The number of amides is 1. The van der Waals surface area contributed by atoms with Crippen LogP contribution in [0.25, 0.3) is 0 Å². The number of halogens is 2. The molecule has 0 unspecified atom stereocenters. The second kappa shape index (κ2) is 5.98. The van der Waals surface area contributed by atoms with Gasteiger partial charge in [0.15, 0.2) is 0 Å². The van der Waals surface area contributed by atoms with Gasteiger partial charge in [0.2, 0.25) is 0 Å². The number of benzene rings is 1. The van der Waals surface area contributed by atoms with E-state index in [-0.39, 0.29) is 22.1 Å². The monoisotopic (exact) mass is 355 g/mol. The molecule has 0 radical (unpaired) electrons. The Hall–Kier alpha value is -1.99. The number of anilines is 1. The van der Waals surface area contributed by atoms with Crippen molar-refractivity contribution >= 4 is 45.1 Å². The summed E-state index contributed by atoms with van der Waals surface area (Å²) in [5, 5.41) is 11.7. The molecule has 2 N–H and O–H groups in total. The molecule has 8 heteroatoms. The van der Waals surface area contributed by atoms with Gasteiger partial charge in [-0.2, -0.15) is 0 Å². The third-order valence-corrected chi connectivity index (χ3v) is 3.00. The van der Waals surface area contributed by atoms with Crippen LogP contribution in [-0.4, -0.2) is 27.0 Å². The van der Waals surface area contributed by atoms with Crippen molar-refractivity contribution in [2.75, 3.05) is 5.32 Å². The molecule has 0 fully saturated rings. The van der Waals surface area contributed by atoms with Gasteiger partial charge in [-0.1, -0.05) is 27.5 Å². The number of hydrogen-bond donors (Lipinski definition) is 2. The van der Waals surface area contributed by atoms with Crippen molar-refractivity contribution in [3.63, 3.8) is 0 Å². The molecule has 0 aliphatic heterocycles. The summed E-state index contributed by atoms with van der Waals surface area (Å²) in [5.74, 6) is -1.72. The molecule has 1 heterocycles. The molecule has 2 rings (SSSR count). The molecule has 0 spiro atoms. The highest BCUT2D eigenvalue weighted by Gasteiger charge is 2.15. The number of nitrogens with zero attached hydrogens (tertiary/aromatic N) is 2. The van der Waals surface area contributed by atoms with Crippen LogP contribution in [0.4, 0.5) is 5.69 Å². The van der Waals surface area contributed by atoms with Crippen molar-refractivity contribution in [3.05, 3.63) is 51.5 Å². The van der Waals surface area contributed by atoms with Gasteiger partial charge < -0.3 is 10.4 Å². The van der Waals surface area contributed by atoms with E-state index in [2.05, 4.69) is 31.2 Å². The molecule has 102 valence electrons. The minimum atomic E-state index is -1.15. The van der Waals surface area contributed by atoms with Gasteiger partial charge >= 0.3 is 5.97 Å². The summed E-state index contributed by atoms with van der Waals surface area (Å²) in [6.45, 7) is 0. The lowest BCUT2D eigenvalue weighted by molar-refractivity contribution is 0.0698. The Bertz CT molecular complexity index is 676. The van der Waals surface area contributed by atoms with Gasteiger partial charge in [0.25, 0.3) is 5.91 Å². The molecular formula is C12H7BrClN3O3. The van der Waals surface area contributed by atoms with Crippen molar-refractivity contribution in [2.24, 2.45) is 0 Å². The fraction of sp³-hybridized carbons (Fsp3) is 0. The fourth-order valence-corrected chi connectivity index (χ4v) is 1.88. The number of carboxylic acid groups (broad SMARTS) is 1. The highest BCUT2D eigenvalue weighted by Crippen LogP contribution is 2.21. The van der Waals surface area contributed by atoms with Gasteiger partial charge in [0.1, 0.15) is 10.8 Å². The molecule has 0 saturated heterocycles. The van der Waals surface area contributed by atoms with Crippen molar-refractivity contribution in [3.8, 4) is 0 Å². The fourth-order valence-electron chi connectivity index (χ4n) is 1.42. The van der Waals surface area contributed by atoms with Crippen molar-refractivity contribution in [1.29, 1.82) is 0 Å². The lowest BCUT2D eigenvalue weighted by atomic mass is 10.2. The Labute approximate surface area is 126 Å². The quantitative estimate of drug-likeness (QED) is 0.882. The Morgan fingerprint density at radius 1 is 1.25 bits per heavy atom. The molecule has 1 aromatic carbocycles. The number of hydrogen-bond acceptors (Lipinski definition) is 4. The maximum Gasteiger partial charge on any atom is 0.337 e. The molecule has 0 saturated carbocycles. The standard InChI is InChI=1S/C12H7BrClN3O3/c13-6-1-2-8(7(3-6)12(19)20)17-11(18)9-4-16-10(14)5-15-9/h1-5H,(H,17,18)(H,19,20). The van der Waals surface area contributed by atoms with Gasteiger partial charge in [0.05, 0.1) is 23.6 Å². The number of carbonyl (C=O) groups is 2. The Kier molecular flexibility index (Phi) is 4.31. The van der Waals surface area contributed by atoms with Crippen LogP contribution in [0.3, 0.4) is 0 Å². The normalized spacial score (nSPS) is 10.1. The van der Waals surface area contributed by atoms with Crippen LogP contribution in [0.2, 0.25) is 5.15 Å². The first-order valence-electron chi connectivity index (χ1n) is 5.29. The van der Waals surface area contributed by atoms with Gasteiger partial charge in [-0.25, -0.2) is 14.8 Å². The van der Waals surface area contributed by atoms with E-state index in [1.807, 2.05) is 0 Å². The summed E-state index contributed by atoms with van der Waals surface area (Å²) in [7, 11) is 0. The molecular weight excluding hydrogens is 350 g/mol. The summed E-state index contributed by atoms with van der Waals surface area (Å²) in [5.41, 5.74) is 0.172. The van der Waals surface area contributed by atoms with E-state index in [0.29, 0.717) is 4.47 Å². The lowest BCUT2D eigenvalue weighted by Crippen LogP contribution is -2.16. The van der Waals surface area contributed by atoms with Gasteiger partial charge in [-0.3, -0.25) is 4.79 Å². The molecule has 0 bridgehead atoms. The van der Waals surface area contributed by atoms with Crippen LogP contribution in [0, 0.1) is 0 Å². The molecule has 0 aliphatic carbocycles. The lowest BCUT2D eigenvalue weighted by Gasteiger charge is -2.08. The van der Waals surface area contributed by atoms with Crippen LogP contribution < -0.4 is 5.32 Å². The Balaban J connectivity index is 2.28. The first-order valence-corrected chi connectivity index (χ1v) is 6.46. The average molecular weight is 357 g/mol. The highest BCUT2D eigenvalue weighted by atomic mass is 79.9. The number of rotatable bonds is 3. The van der Waals surface area contributed by atoms with E-state index in [1.165, 1.54) is 24.5 Å². The Morgan fingerprint density at radius 3 is 2.60 bits per heavy atom. The highest BCUT2D eigenvalue weighted by molar-refractivity contribution is 9.10. The Morgan fingerprint density at radius 2 is 2.00 bits per heavy atom. The molecule has 0 aliphatic rings. The smallest absolute Gasteiger partial charge is 0.337 e. The number of carboxylic acids is 1. The summed E-state index contributed by atoms with van der Waals surface area (Å²) < 4.78 is 0.596. The van der Waals surface area contributed by atoms with E-state index in [1.54, 1.807) is 6.07 Å². The molecule has 6 nitrogen and oxygen atoms in total. The van der Waals surface area contributed by atoms with E-state index < -0.39 is 11.9 Å². The second-order valence-electron chi connectivity index (χ2n) is 3.67. The maximum atomic E-state index is 11.9. The summed E-state index contributed by atoms with van der Waals surface area (Å²) >= 11 is 8.74. The summed E-state index contributed by atoms with van der Waals surface area (Å²) in [6.07, 6.45) is 2.44. The topological polar surface area (TPSA) is 92.2 Å². The zero-order valence-corrected chi connectivity index (χ0v) is 12.1. The van der Waals surface area contributed by atoms with Crippen LogP contribution in [0.1, 0.15) is 20.8 Å². The molecule has 1 aromatic heterocycles. The molecule has 2 aromatic rings. The largest absolute Gasteiger partial charge is 0.478 e. The van der Waals surface area contributed by atoms with Gasteiger partial charge in [-0.15, -0.1) is 0 Å². The zero-order chi connectivity index (χ0) is 14.7. The maximum absolute atomic E-state index is 11.9. The predicted molar refractivity (Wildman–Crippen MR) is 76.1 cm³/mol. The van der Waals surface area contributed by atoms with Gasteiger partial charge in [-0.05, 0) is 18.2 Å². The number of aromatic nitrogens is 2. The SMILES string of the molecule is O=C(Nc1ccc(Br)cc1C(=O)O)c1cnc(Cl)cn1. The molecule has 20 heavy (non-hydrogen) atoms. The van der Waals surface area contributed by atoms with Gasteiger partial charge in [0, 0.05) is 4.47 Å². The third kappa shape index (κ3) is 3.31. The number of carbonyl (C=O) groups excluding carboxylic acids is 1. The van der Waals surface area contributed by atoms with E-state index in [0.717, 1.165) is 0 Å². The average Bonchev–Trinajstić information content (AvgIpc) is 2.41. The van der Waals surface area contributed by atoms with E-state index in [9.17, 15) is 9.59 Å². The minimum absolute atomic E-state index is 0.0327. The van der Waals surface area contributed by atoms with E-state index >= 15 is 0 Å². The predicted octanol–water partition coefficient (Wildman–Crippen LogP) is 2.84. The van der Waals surface area contributed by atoms with Crippen LogP contribution in [-0.2, 0) is 0 Å². The first-order chi connectivity index (χ1) is 9.47. The number of aromatic carboxylic acids is 1. The second-order valence-corrected chi connectivity index (χ2v) is 4.98. The van der Waals surface area contributed by atoms with Crippen molar-refractivity contribution < 1.29 is 14.7 Å². The first kappa shape index (κ1) is 14.4. The van der Waals surface area contributed by atoms with Crippen molar-refractivity contribution in [1.82, 2.24) is 9.97 Å². The summed E-state index contributed by atoms with van der Waals surface area (Å²) in [4.78, 5) is 30.6. The molecule has 0 atom stereocenters. The zero-order valence-electron chi connectivity index (χ0n) is 9.80. The van der Waals surface area contributed by atoms with Crippen LogP contribution in [0.15, 0.2) is 35.1 Å². The molecule has 1 amide bonds. The number of nitrogens with one attached hydrogen (secondary N) is 1. The summed E-state index contributed by atoms with van der Waals surface area (Å²) in [6, 6.07) is 4.50. The van der Waals surface area contributed by atoms with Crippen LogP contribution >= 0.6 is 27.5 Å². The third-order valence-electron chi connectivity index (χ3n) is 2.31.